The van der Waals surface area contributed by atoms with Gasteiger partial charge < -0.3 is 32.5 Å². The van der Waals surface area contributed by atoms with Crippen LogP contribution in [0.5, 0.6) is 0 Å². The molecular weight excluding hydrogens is 374 g/mol. The first-order valence-corrected chi connectivity index (χ1v) is 8.12. The quantitative estimate of drug-likeness (QED) is 0.151. The maximum Gasteiger partial charge on any atom is 0.326 e. The lowest BCUT2D eigenvalue weighted by Crippen LogP contribution is -2.54. The lowest BCUT2D eigenvalue weighted by atomic mass is 10.1. The maximum atomic E-state index is 12.4. The molecule has 0 aliphatic rings. The van der Waals surface area contributed by atoms with Gasteiger partial charge in [-0.1, -0.05) is 0 Å². The van der Waals surface area contributed by atoms with Crippen LogP contribution < -0.4 is 16.4 Å². The fraction of sp³-hybridized carbons (Fsp3) is 0.533. The van der Waals surface area contributed by atoms with Crippen LogP contribution in [0.25, 0.3) is 11.1 Å². The summed E-state index contributed by atoms with van der Waals surface area (Å²) >= 11 is 0. The second-order valence-electron chi connectivity index (χ2n) is 5.75. The van der Waals surface area contributed by atoms with E-state index in [1.807, 2.05) is 0 Å². The Labute approximate surface area is 159 Å². The lowest BCUT2D eigenvalue weighted by Gasteiger charge is -2.21. The van der Waals surface area contributed by atoms with Crippen molar-refractivity contribution in [3.8, 4) is 0 Å². The molecule has 28 heavy (non-hydrogen) atoms. The van der Waals surface area contributed by atoms with Crippen LogP contribution in [0, 0.1) is 0 Å². The number of carboxylic acid groups (broad SMARTS) is 1. The van der Waals surface area contributed by atoms with Crippen LogP contribution in [0.2, 0.25) is 0 Å². The van der Waals surface area contributed by atoms with Gasteiger partial charge in [0.25, 0.3) is 0 Å². The van der Waals surface area contributed by atoms with Gasteiger partial charge in [-0.3, -0.25) is 19.2 Å². The van der Waals surface area contributed by atoms with Gasteiger partial charge >= 0.3 is 18.4 Å². The number of rotatable bonds is 13. The Bertz CT molecular complexity index is 722. The van der Waals surface area contributed by atoms with Crippen molar-refractivity contribution in [3.63, 3.8) is 0 Å². The third-order valence-corrected chi connectivity index (χ3v) is 3.42. The van der Waals surface area contributed by atoms with Crippen molar-refractivity contribution >= 4 is 41.8 Å². The molecule has 0 spiro atoms. The number of ketones is 2. The minimum absolute atomic E-state index is 0.211. The average Bonchev–Trinajstić information content (AvgIpc) is 2.61. The summed E-state index contributed by atoms with van der Waals surface area (Å²) in [5, 5.41) is 13.6. The molecule has 0 bridgehead atoms. The molecule has 0 aromatic rings. The number of Topliss-reactive ketones (excluding diaryl/α,β-unsaturated/α-hetero) is 2. The smallest absolute Gasteiger partial charge is 0.326 e. The molecule has 0 unspecified atom stereocenters. The highest BCUT2D eigenvalue weighted by Crippen LogP contribution is 2.03. The molecule has 0 aromatic carbocycles. The molecule has 0 aliphatic heterocycles. The molecule has 0 saturated carbocycles. The van der Waals surface area contributed by atoms with Crippen LogP contribution in [0.4, 0.5) is 0 Å². The van der Waals surface area contributed by atoms with E-state index in [1.165, 1.54) is 6.92 Å². The fourth-order valence-corrected chi connectivity index (χ4v) is 1.93. The van der Waals surface area contributed by atoms with Crippen molar-refractivity contribution in [2.24, 2.45) is 5.73 Å². The van der Waals surface area contributed by atoms with Gasteiger partial charge in [0.15, 0.2) is 0 Å². The van der Waals surface area contributed by atoms with E-state index in [1.54, 1.807) is 0 Å². The van der Waals surface area contributed by atoms with E-state index in [0.29, 0.717) is 12.4 Å². The number of amides is 2. The average molecular weight is 395 g/mol. The van der Waals surface area contributed by atoms with Crippen LogP contribution in [-0.4, -0.2) is 74.6 Å². The standard InChI is InChI=1S/C15H21N7O6/c1-8(16)13(25)21-11(4-2-9(23)6-19-17)14(26)22-12(15(27)28)5-3-10(24)7-20-18/h6-8,11-12H,2-5,16H2,1H3,(H,21,25)(H,22,26)(H,27,28)/t8-,11-,12-/m0/s1. The van der Waals surface area contributed by atoms with Gasteiger partial charge in [0.2, 0.25) is 23.4 Å². The fourth-order valence-electron chi connectivity index (χ4n) is 1.93. The Morgan fingerprint density at radius 2 is 1.36 bits per heavy atom. The molecule has 0 fully saturated rings. The van der Waals surface area contributed by atoms with Crippen molar-refractivity contribution < 1.29 is 38.7 Å². The van der Waals surface area contributed by atoms with Crippen LogP contribution in [0.3, 0.4) is 0 Å². The zero-order valence-electron chi connectivity index (χ0n) is 15.1. The predicted octanol–water partition coefficient (Wildman–Crippen LogP) is -2.31. The lowest BCUT2D eigenvalue weighted by molar-refractivity contribution is -0.142. The number of nitrogens with two attached hydrogens (primary N) is 1. The summed E-state index contributed by atoms with van der Waals surface area (Å²) in [5.41, 5.74) is 22.0. The second-order valence-corrected chi connectivity index (χ2v) is 5.75. The zero-order valence-corrected chi connectivity index (χ0v) is 15.1. The van der Waals surface area contributed by atoms with Gasteiger partial charge in [-0.25, -0.2) is 4.79 Å². The van der Waals surface area contributed by atoms with Crippen molar-refractivity contribution in [3.05, 3.63) is 11.1 Å². The predicted molar refractivity (Wildman–Crippen MR) is 93.0 cm³/mol. The van der Waals surface area contributed by atoms with Crippen molar-refractivity contribution in [2.75, 3.05) is 0 Å². The van der Waals surface area contributed by atoms with E-state index in [2.05, 4.69) is 20.2 Å². The van der Waals surface area contributed by atoms with Crippen LogP contribution in [0.15, 0.2) is 0 Å². The van der Waals surface area contributed by atoms with E-state index in [9.17, 15) is 29.1 Å². The molecule has 152 valence electrons. The highest BCUT2D eigenvalue weighted by atomic mass is 16.4. The molecule has 13 nitrogen and oxygen atoms in total. The number of carboxylic acids is 1. The Hall–Kier alpha value is -3.53. The summed E-state index contributed by atoms with van der Waals surface area (Å²) in [7, 11) is 0. The number of hydrogen-bond acceptors (Lipinski definition) is 6. The van der Waals surface area contributed by atoms with Gasteiger partial charge in [0.05, 0.1) is 6.04 Å². The first-order valence-electron chi connectivity index (χ1n) is 8.12. The monoisotopic (exact) mass is 395 g/mol. The van der Waals surface area contributed by atoms with Crippen molar-refractivity contribution in [2.45, 2.75) is 50.7 Å². The number of carbonyl (C=O) groups excluding carboxylic acids is 4. The zero-order chi connectivity index (χ0) is 21.7. The van der Waals surface area contributed by atoms with Gasteiger partial charge in [0, 0.05) is 12.8 Å². The summed E-state index contributed by atoms with van der Waals surface area (Å²) in [5.74, 6) is -4.32. The molecular formula is C15H21N7O6. The van der Waals surface area contributed by atoms with Crippen LogP contribution in [0.1, 0.15) is 32.6 Å². The first kappa shape index (κ1) is 24.5. The molecule has 2 amide bonds. The van der Waals surface area contributed by atoms with Gasteiger partial charge in [-0.05, 0) is 19.8 Å². The van der Waals surface area contributed by atoms with E-state index >= 15 is 0 Å². The second kappa shape index (κ2) is 12.8. The van der Waals surface area contributed by atoms with E-state index in [4.69, 9.17) is 16.8 Å². The molecule has 0 aliphatic carbocycles. The van der Waals surface area contributed by atoms with Crippen molar-refractivity contribution in [1.82, 2.24) is 10.6 Å². The van der Waals surface area contributed by atoms with Crippen molar-refractivity contribution in [1.29, 1.82) is 0 Å². The number of carbonyl (C=O) groups is 5. The number of hydrogen-bond donors (Lipinski definition) is 4. The van der Waals surface area contributed by atoms with E-state index in [-0.39, 0.29) is 25.7 Å². The van der Waals surface area contributed by atoms with Crippen LogP contribution >= 0.6 is 0 Å². The highest BCUT2D eigenvalue weighted by molar-refractivity contribution is 6.25. The minimum atomic E-state index is -1.46. The van der Waals surface area contributed by atoms with Gasteiger partial charge in [-0.2, -0.15) is 9.58 Å². The maximum absolute atomic E-state index is 12.4. The Morgan fingerprint density at radius 1 is 0.929 bits per heavy atom. The van der Waals surface area contributed by atoms with Gasteiger partial charge in [0.1, 0.15) is 12.1 Å². The summed E-state index contributed by atoms with van der Waals surface area (Å²) in [6.45, 7) is 1.36. The normalized spacial score (nSPS) is 12.9. The molecule has 0 rings (SSSR count). The molecule has 0 radical (unpaired) electrons. The molecule has 0 saturated heterocycles. The SMILES string of the molecule is C[C@H](N)C(=O)N[C@@H](CCC(=O)C=[N+]=[N-])C(=O)N[C@@H](CCC(=O)C=[N+]=[N-])C(=O)O. The molecule has 3 atom stereocenters. The first-order chi connectivity index (χ1) is 13.1. The Kier molecular flexibility index (Phi) is 11.2. The van der Waals surface area contributed by atoms with E-state index in [0.717, 1.165) is 0 Å². The Balaban J connectivity index is 5.17. The molecule has 0 aromatic heterocycles. The minimum Gasteiger partial charge on any atom is -0.480 e. The Morgan fingerprint density at radius 3 is 1.75 bits per heavy atom. The summed E-state index contributed by atoms with van der Waals surface area (Å²) in [6.07, 6.45) is 0.124. The number of nitrogens with zero attached hydrogens (tertiary/aromatic N) is 4. The molecule has 5 N–H and O–H groups in total. The summed E-state index contributed by atoms with van der Waals surface area (Å²) in [4.78, 5) is 63.2. The summed E-state index contributed by atoms with van der Waals surface area (Å²) in [6, 6.07) is -3.71. The topological polar surface area (TPSA) is 228 Å². The molecule has 13 heteroatoms. The third-order valence-electron chi connectivity index (χ3n) is 3.42. The molecule has 0 heterocycles. The van der Waals surface area contributed by atoms with E-state index < -0.39 is 47.5 Å². The van der Waals surface area contributed by atoms with Crippen LogP contribution in [-0.2, 0) is 24.0 Å². The third kappa shape index (κ3) is 9.82. The number of nitrogens with one attached hydrogen (secondary N) is 2. The summed E-state index contributed by atoms with van der Waals surface area (Å²) < 4.78 is 0. The largest absolute Gasteiger partial charge is 0.480 e. The van der Waals surface area contributed by atoms with Gasteiger partial charge in [-0.15, -0.1) is 0 Å². The number of aliphatic carboxylic acids is 1. The highest BCUT2D eigenvalue weighted by Gasteiger charge is 2.28.